The van der Waals surface area contributed by atoms with Gasteiger partial charge in [-0.2, -0.15) is 0 Å². The molecule has 0 saturated carbocycles. The lowest BCUT2D eigenvalue weighted by Gasteiger charge is -2.33. The highest BCUT2D eigenvalue weighted by Crippen LogP contribution is 2.23. The van der Waals surface area contributed by atoms with Gasteiger partial charge in [-0.3, -0.25) is 4.79 Å². The quantitative estimate of drug-likeness (QED) is 0.907. The van der Waals surface area contributed by atoms with E-state index in [1.807, 2.05) is 4.90 Å². The minimum Gasteiger partial charge on any atom is -0.343 e. The second kappa shape index (κ2) is 8.32. The van der Waals surface area contributed by atoms with Crippen molar-refractivity contribution < 1.29 is 14.0 Å². The summed E-state index contributed by atoms with van der Waals surface area (Å²) in [5, 5.41) is 2.81. The zero-order valence-corrected chi connectivity index (χ0v) is 14.5. The first-order chi connectivity index (χ1) is 12.1. The third-order valence-electron chi connectivity index (χ3n) is 5.13. The normalized spacial score (nSPS) is 20.6. The number of piperidine rings is 1. The van der Waals surface area contributed by atoms with Crippen molar-refractivity contribution in [2.45, 2.75) is 38.5 Å². The van der Waals surface area contributed by atoms with Crippen LogP contribution in [0.2, 0.25) is 0 Å². The Labute approximate surface area is 148 Å². The van der Waals surface area contributed by atoms with Crippen LogP contribution in [0.15, 0.2) is 24.3 Å². The summed E-state index contributed by atoms with van der Waals surface area (Å²) < 4.78 is 12.9. The summed E-state index contributed by atoms with van der Waals surface area (Å²) in [6.45, 7) is 3.20. The molecule has 0 aliphatic carbocycles. The van der Waals surface area contributed by atoms with Crippen molar-refractivity contribution in [2.24, 2.45) is 5.92 Å². The summed E-state index contributed by atoms with van der Waals surface area (Å²) >= 11 is 0. The molecule has 0 aromatic heterocycles. The summed E-state index contributed by atoms with van der Waals surface area (Å²) in [4.78, 5) is 28.3. The van der Waals surface area contributed by atoms with Crippen LogP contribution in [-0.2, 0) is 4.79 Å². The number of likely N-dealkylation sites (tertiary alicyclic amines) is 2. The van der Waals surface area contributed by atoms with E-state index < -0.39 is 0 Å². The van der Waals surface area contributed by atoms with Gasteiger partial charge in [-0.1, -0.05) is 0 Å². The molecule has 3 amide bonds. The number of nitrogens with one attached hydrogen (secondary N) is 1. The van der Waals surface area contributed by atoms with Crippen LogP contribution in [0.1, 0.15) is 38.5 Å². The number of urea groups is 1. The van der Waals surface area contributed by atoms with Crippen molar-refractivity contribution in [2.75, 3.05) is 31.5 Å². The Kier molecular flexibility index (Phi) is 5.89. The summed E-state index contributed by atoms with van der Waals surface area (Å²) in [6.07, 6.45) is 5.68. The molecule has 25 heavy (non-hydrogen) atoms. The number of amides is 3. The van der Waals surface area contributed by atoms with Gasteiger partial charge in [0.15, 0.2) is 0 Å². The highest BCUT2D eigenvalue weighted by molar-refractivity contribution is 5.89. The van der Waals surface area contributed by atoms with Crippen molar-refractivity contribution in [1.29, 1.82) is 0 Å². The van der Waals surface area contributed by atoms with E-state index >= 15 is 0 Å². The highest BCUT2D eigenvalue weighted by atomic mass is 19.1. The number of rotatable bonds is 4. The van der Waals surface area contributed by atoms with Crippen LogP contribution in [-0.4, -0.2) is 47.9 Å². The van der Waals surface area contributed by atoms with Crippen LogP contribution in [0.3, 0.4) is 0 Å². The molecule has 1 atom stereocenters. The van der Waals surface area contributed by atoms with Gasteiger partial charge in [0.1, 0.15) is 5.82 Å². The summed E-state index contributed by atoms with van der Waals surface area (Å²) in [7, 11) is 0. The third kappa shape index (κ3) is 4.94. The molecule has 6 heteroatoms. The monoisotopic (exact) mass is 347 g/mol. The van der Waals surface area contributed by atoms with E-state index in [0.717, 1.165) is 51.7 Å². The van der Waals surface area contributed by atoms with E-state index in [0.29, 0.717) is 24.6 Å². The molecule has 2 fully saturated rings. The number of hydrogen-bond donors (Lipinski definition) is 1. The molecule has 2 saturated heterocycles. The SMILES string of the molecule is O=C(CC[C@H]1CCCN(C(=O)Nc2ccc(F)cc2)C1)N1CCCC1. The van der Waals surface area contributed by atoms with Crippen molar-refractivity contribution >= 4 is 17.6 Å². The van der Waals surface area contributed by atoms with Crippen LogP contribution in [0.25, 0.3) is 0 Å². The zero-order chi connectivity index (χ0) is 17.6. The van der Waals surface area contributed by atoms with Gasteiger partial charge in [-0.25, -0.2) is 9.18 Å². The number of halogens is 1. The standard InChI is InChI=1S/C19H26FN3O2/c20-16-6-8-17(9-7-16)21-19(25)23-13-3-4-15(14-23)5-10-18(24)22-11-1-2-12-22/h6-9,15H,1-5,10-14H2,(H,21,25)/t15-/m1/s1. The number of nitrogens with zero attached hydrogens (tertiary/aromatic N) is 2. The van der Waals surface area contributed by atoms with E-state index in [-0.39, 0.29) is 17.8 Å². The van der Waals surface area contributed by atoms with E-state index in [9.17, 15) is 14.0 Å². The predicted molar refractivity (Wildman–Crippen MR) is 94.8 cm³/mol. The van der Waals surface area contributed by atoms with Crippen molar-refractivity contribution in [3.63, 3.8) is 0 Å². The first-order valence-corrected chi connectivity index (χ1v) is 9.21. The Morgan fingerprint density at radius 1 is 1.04 bits per heavy atom. The fourth-order valence-corrected chi connectivity index (χ4v) is 3.67. The van der Waals surface area contributed by atoms with E-state index in [2.05, 4.69) is 5.32 Å². The maximum atomic E-state index is 12.9. The van der Waals surface area contributed by atoms with Crippen molar-refractivity contribution in [3.8, 4) is 0 Å². The highest BCUT2D eigenvalue weighted by Gasteiger charge is 2.25. The molecule has 0 unspecified atom stereocenters. The molecule has 136 valence electrons. The maximum absolute atomic E-state index is 12.9. The number of benzene rings is 1. The minimum absolute atomic E-state index is 0.151. The number of anilines is 1. The van der Waals surface area contributed by atoms with Gasteiger partial charge in [0.25, 0.3) is 0 Å². The number of carbonyl (C=O) groups excluding carboxylic acids is 2. The first kappa shape index (κ1) is 17.7. The predicted octanol–water partition coefficient (Wildman–Crippen LogP) is 3.47. The molecule has 0 bridgehead atoms. The average molecular weight is 347 g/mol. The second-order valence-corrected chi connectivity index (χ2v) is 7.02. The lowest BCUT2D eigenvalue weighted by Crippen LogP contribution is -2.42. The van der Waals surface area contributed by atoms with Gasteiger partial charge in [0.05, 0.1) is 0 Å². The topological polar surface area (TPSA) is 52.7 Å². The van der Waals surface area contributed by atoms with Crippen LogP contribution in [0.4, 0.5) is 14.9 Å². The maximum Gasteiger partial charge on any atom is 0.321 e. The fourth-order valence-electron chi connectivity index (χ4n) is 3.67. The van der Waals surface area contributed by atoms with Gasteiger partial charge in [-0.15, -0.1) is 0 Å². The van der Waals surface area contributed by atoms with Gasteiger partial charge in [0.2, 0.25) is 5.91 Å². The molecular formula is C19H26FN3O2. The largest absolute Gasteiger partial charge is 0.343 e. The average Bonchev–Trinajstić information content (AvgIpc) is 3.16. The zero-order valence-electron chi connectivity index (χ0n) is 14.5. The molecule has 1 aromatic carbocycles. The van der Waals surface area contributed by atoms with Gasteiger partial charge >= 0.3 is 6.03 Å². The molecule has 1 N–H and O–H groups in total. The fraction of sp³-hybridized carbons (Fsp3) is 0.579. The molecule has 1 aromatic rings. The molecule has 2 heterocycles. The third-order valence-corrected chi connectivity index (χ3v) is 5.13. The van der Waals surface area contributed by atoms with Crippen molar-refractivity contribution in [3.05, 3.63) is 30.1 Å². The summed E-state index contributed by atoms with van der Waals surface area (Å²) in [6, 6.07) is 5.63. The van der Waals surface area contributed by atoms with Gasteiger partial charge in [-0.05, 0) is 62.3 Å². The molecule has 3 rings (SSSR count). The Hall–Kier alpha value is -2.11. The van der Waals surface area contributed by atoms with E-state index in [1.165, 1.54) is 12.1 Å². The van der Waals surface area contributed by atoms with Gasteiger partial charge in [0, 0.05) is 38.3 Å². The van der Waals surface area contributed by atoms with E-state index in [1.54, 1.807) is 17.0 Å². The molecule has 2 aliphatic rings. The minimum atomic E-state index is -0.321. The van der Waals surface area contributed by atoms with Crippen LogP contribution < -0.4 is 5.32 Å². The molecule has 0 spiro atoms. The molecule has 5 nitrogen and oxygen atoms in total. The van der Waals surface area contributed by atoms with Crippen molar-refractivity contribution in [1.82, 2.24) is 9.80 Å². The van der Waals surface area contributed by atoms with Crippen LogP contribution in [0.5, 0.6) is 0 Å². The van der Waals surface area contributed by atoms with Gasteiger partial charge < -0.3 is 15.1 Å². The van der Waals surface area contributed by atoms with Crippen LogP contribution in [0, 0.1) is 11.7 Å². The summed E-state index contributed by atoms with van der Waals surface area (Å²) in [5.74, 6) is 0.309. The Balaban J connectivity index is 1.46. The smallest absolute Gasteiger partial charge is 0.321 e. The van der Waals surface area contributed by atoms with Crippen LogP contribution >= 0.6 is 0 Å². The van der Waals surface area contributed by atoms with E-state index in [4.69, 9.17) is 0 Å². The molecular weight excluding hydrogens is 321 g/mol. The Morgan fingerprint density at radius 2 is 1.72 bits per heavy atom. The molecule has 2 aliphatic heterocycles. The molecule has 0 radical (unpaired) electrons. The Bertz CT molecular complexity index is 599. The number of carbonyl (C=O) groups is 2. The lowest BCUT2D eigenvalue weighted by atomic mass is 9.93. The lowest BCUT2D eigenvalue weighted by molar-refractivity contribution is -0.130. The summed E-state index contributed by atoms with van der Waals surface area (Å²) in [5.41, 5.74) is 0.595. The first-order valence-electron chi connectivity index (χ1n) is 9.21. The Morgan fingerprint density at radius 3 is 2.44 bits per heavy atom. The second-order valence-electron chi connectivity index (χ2n) is 7.02. The number of hydrogen-bond acceptors (Lipinski definition) is 2.